The van der Waals surface area contributed by atoms with Gasteiger partial charge in [0.2, 0.25) is 0 Å². The molecule has 6 nitrogen and oxygen atoms in total. The third kappa shape index (κ3) is 4.00. The summed E-state index contributed by atoms with van der Waals surface area (Å²) in [6, 6.07) is 0. The fourth-order valence-corrected chi connectivity index (χ4v) is 1.23. The fourth-order valence-electron chi connectivity index (χ4n) is 1.23. The Balaban J connectivity index is 2.41. The number of hydrogen-bond acceptors (Lipinski definition) is 5. The molecule has 0 bridgehead atoms. The third-order valence-corrected chi connectivity index (χ3v) is 2.09. The Morgan fingerprint density at radius 3 is 3.06 bits per heavy atom. The van der Waals surface area contributed by atoms with E-state index in [4.69, 9.17) is 4.74 Å². The second-order valence-electron chi connectivity index (χ2n) is 3.22. The number of ether oxygens (including phenoxy) is 2. The van der Waals surface area contributed by atoms with Crippen LogP contribution in [0.3, 0.4) is 0 Å². The van der Waals surface area contributed by atoms with E-state index in [0.29, 0.717) is 13.2 Å². The highest BCUT2D eigenvalue weighted by Crippen LogP contribution is 1.97. The van der Waals surface area contributed by atoms with E-state index < -0.39 is 0 Å². The van der Waals surface area contributed by atoms with E-state index in [1.165, 1.54) is 7.11 Å². The number of carbonyl (C=O) groups is 1. The van der Waals surface area contributed by atoms with Gasteiger partial charge in [-0.05, 0) is 0 Å². The van der Waals surface area contributed by atoms with Crippen LogP contribution >= 0.6 is 0 Å². The summed E-state index contributed by atoms with van der Waals surface area (Å²) < 4.78 is 11.3. The number of imidazole rings is 1. The molecule has 1 aromatic rings. The van der Waals surface area contributed by atoms with Crippen molar-refractivity contribution in [2.24, 2.45) is 0 Å². The minimum Gasteiger partial charge on any atom is -0.468 e. The van der Waals surface area contributed by atoms with Gasteiger partial charge in [0.05, 0.1) is 20.3 Å². The third-order valence-electron chi connectivity index (χ3n) is 2.09. The lowest BCUT2D eigenvalue weighted by molar-refractivity contribution is -0.141. The number of hydrogen-bond donors (Lipinski definition) is 1. The molecule has 1 heterocycles. The molecule has 0 aliphatic heterocycles. The highest BCUT2D eigenvalue weighted by atomic mass is 16.5. The maximum absolute atomic E-state index is 11.1. The van der Waals surface area contributed by atoms with Crippen LogP contribution in [0.5, 0.6) is 0 Å². The van der Waals surface area contributed by atoms with E-state index in [1.807, 2.05) is 0 Å². The number of nitrogens with one attached hydrogen (secondary N) is 1. The van der Waals surface area contributed by atoms with Crippen molar-refractivity contribution in [3.8, 4) is 0 Å². The van der Waals surface area contributed by atoms with E-state index in [1.54, 1.807) is 24.1 Å². The molecule has 1 rings (SSSR count). The molecule has 0 unspecified atom stereocenters. The molecule has 1 aromatic heterocycles. The largest absolute Gasteiger partial charge is 0.468 e. The van der Waals surface area contributed by atoms with Crippen molar-refractivity contribution in [2.75, 3.05) is 27.4 Å². The summed E-state index contributed by atoms with van der Waals surface area (Å²) in [6.45, 7) is 2.20. The zero-order valence-electron chi connectivity index (χ0n) is 9.60. The first-order valence-electron chi connectivity index (χ1n) is 5.04. The quantitative estimate of drug-likeness (QED) is 0.516. The van der Waals surface area contributed by atoms with Crippen LogP contribution in [0.15, 0.2) is 12.4 Å². The van der Waals surface area contributed by atoms with Crippen LogP contribution in [0, 0.1) is 0 Å². The average Bonchev–Trinajstić information content (AvgIpc) is 2.72. The Kier molecular flexibility index (Phi) is 5.52. The molecule has 0 radical (unpaired) electrons. The van der Waals surface area contributed by atoms with Crippen molar-refractivity contribution in [2.45, 2.75) is 13.1 Å². The zero-order valence-corrected chi connectivity index (χ0v) is 9.60. The summed E-state index contributed by atoms with van der Waals surface area (Å²) in [7, 11) is 3.02. The lowest BCUT2D eigenvalue weighted by Crippen LogP contribution is -2.22. The molecule has 90 valence electrons. The number of rotatable bonds is 7. The molecule has 0 aromatic carbocycles. The van der Waals surface area contributed by atoms with Gasteiger partial charge >= 0.3 is 5.97 Å². The van der Waals surface area contributed by atoms with Gasteiger partial charge in [-0.15, -0.1) is 0 Å². The van der Waals surface area contributed by atoms with Crippen LogP contribution in [-0.4, -0.2) is 42.9 Å². The molecule has 0 saturated heterocycles. The Hall–Kier alpha value is -1.40. The maximum atomic E-state index is 11.1. The van der Waals surface area contributed by atoms with Gasteiger partial charge in [-0.25, -0.2) is 4.98 Å². The molecule has 0 saturated carbocycles. The van der Waals surface area contributed by atoms with Crippen LogP contribution in [-0.2, 0) is 27.4 Å². The number of esters is 1. The standard InChI is InChI=1S/C10H17N3O3/c1-15-6-4-11-7-9-12-3-5-13(9)8-10(14)16-2/h3,5,11H,4,6-8H2,1-2H3. The van der Waals surface area contributed by atoms with Crippen molar-refractivity contribution in [1.82, 2.24) is 14.9 Å². The van der Waals surface area contributed by atoms with Gasteiger partial charge < -0.3 is 19.4 Å². The summed E-state index contributed by atoms with van der Waals surface area (Å²) >= 11 is 0. The Morgan fingerprint density at radius 1 is 1.56 bits per heavy atom. The molecule has 0 atom stereocenters. The van der Waals surface area contributed by atoms with Crippen LogP contribution < -0.4 is 5.32 Å². The first-order chi connectivity index (χ1) is 7.77. The maximum Gasteiger partial charge on any atom is 0.325 e. The highest BCUT2D eigenvalue weighted by molar-refractivity contribution is 5.69. The van der Waals surface area contributed by atoms with Gasteiger partial charge in [0.15, 0.2) is 0 Å². The summed E-state index contributed by atoms with van der Waals surface area (Å²) in [5, 5.41) is 3.16. The molecule has 0 amide bonds. The Labute approximate surface area is 94.6 Å². The fraction of sp³-hybridized carbons (Fsp3) is 0.600. The van der Waals surface area contributed by atoms with Gasteiger partial charge in [0.1, 0.15) is 12.4 Å². The lowest BCUT2D eigenvalue weighted by Gasteiger charge is -2.07. The molecule has 6 heteroatoms. The SMILES string of the molecule is COCCNCc1nccn1CC(=O)OC. The summed E-state index contributed by atoms with van der Waals surface area (Å²) in [4.78, 5) is 15.2. The Bertz CT molecular complexity index is 325. The summed E-state index contributed by atoms with van der Waals surface area (Å²) in [6.07, 6.45) is 3.42. The second-order valence-corrected chi connectivity index (χ2v) is 3.22. The van der Waals surface area contributed by atoms with E-state index >= 15 is 0 Å². The number of nitrogens with zero attached hydrogens (tertiary/aromatic N) is 2. The lowest BCUT2D eigenvalue weighted by atomic mass is 10.5. The normalized spacial score (nSPS) is 10.4. The van der Waals surface area contributed by atoms with E-state index in [0.717, 1.165) is 12.4 Å². The molecule has 0 aliphatic carbocycles. The molecule has 0 fully saturated rings. The molecule has 16 heavy (non-hydrogen) atoms. The summed E-state index contributed by atoms with van der Waals surface area (Å²) in [5.74, 6) is 0.526. The van der Waals surface area contributed by atoms with Gasteiger partial charge in [0.25, 0.3) is 0 Å². The number of methoxy groups -OCH3 is 2. The first kappa shape index (κ1) is 12.7. The molecule has 1 N–H and O–H groups in total. The summed E-state index contributed by atoms with van der Waals surface area (Å²) in [5.41, 5.74) is 0. The Morgan fingerprint density at radius 2 is 2.38 bits per heavy atom. The number of carbonyl (C=O) groups excluding carboxylic acids is 1. The van der Waals surface area contributed by atoms with Crippen molar-refractivity contribution in [3.05, 3.63) is 18.2 Å². The van der Waals surface area contributed by atoms with Crippen LogP contribution in [0.4, 0.5) is 0 Å². The molecular weight excluding hydrogens is 210 g/mol. The minimum atomic E-state index is -0.281. The monoisotopic (exact) mass is 227 g/mol. The molecule has 0 spiro atoms. The highest BCUT2D eigenvalue weighted by Gasteiger charge is 2.06. The van der Waals surface area contributed by atoms with Gasteiger partial charge in [-0.2, -0.15) is 0 Å². The number of aromatic nitrogens is 2. The van der Waals surface area contributed by atoms with Gasteiger partial charge in [-0.3, -0.25) is 4.79 Å². The van der Waals surface area contributed by atoms with Crippen LogP contribution in [0.25, 0.3) is 0 Å². The van der Waals surface area contributed by atoms with Crippen molar-refractivity contribution >= 4 is 5.97 Å². The average molecular weight is 227 g/mol. The van der Waals surface area contributed by atoms with Gasteiger partial charge in [-0.1, -0.05) is 0 Å². The van der Waals surface area contributed by atoms with Crippen molar-refractivity contribution < 1.29 is 14.3 Å². The van der Waals surface area contributed by atoms with Crippen LogP contribution in [0.2, 0.25) is 0 Å². The molecule has 0 aliphatic rings. The van der Waals surface area contributed by atoms with Crippen molar-refractivity contribution in [3.63, 3.8) is 0 Å². The van der Waals surface area contributed by atoms with Crippen molar-refractivity contribution in [1.29, 1.82) is 0 Å². The predicted molar refractivity (Wildman–Crippen MR) is 57.8 cm³/mol. The van der Waals surface area contributed by atoms with Crippen LogP contribution in [0.1, 0.15) is 5.82 Å². The predicted octanol–water partition coefficient (Wildman–Crippen LogP) is -0.208. The van der Waals surface area contributed by atoms with E-state index in [-0.39, 0.29) is 12.5 Å². The van der Waals surface area contributed by atoms with E-state index in [9.17, 15) is 4.79 Å². The minimum absolute atomic E-state index is 0.192. The van der Waals surface area contributed by atoms with E-state index in [2.05, 4.69) is 15.0 Å². The van der Waals surface area contributed by atoms with Gasteiger partial charge in [0, 0.05) is 26.0 Å². The topological polar surface area (TPSA) is 65.4 Å². The smallest absolute Gasteiger partial charge is 0.325 e. The molecular formula is C10H17N3O3. The first-order valence-corrected chi connectivity index (χ1v) is 5.04. The zero-order chi connectivity index (χ0) is 11.8. The second kappa shape index (κ2) is 6.97.